The van der Waals surface area contributed by atoms with Crippen molar-refractivity contribution >= 4 is 0 Å². The lowest BCUT2D eigenvalue weighted by Crippen LogP contribution is -2.45. The minimum atomic E-state index is 0.965. The Labute approximate surface area is 125 Å². The van der Waals surface area contributed by atoms with E-state index in [2.05, 4.69) is 23.6 Å². The molecule has 0 amide bonds. The van der Waals surface area contributed by atoms with E-state index in [0.29, 0.717) is 0 Å². The number of likely N-dealkylation sites (tertiary alicyclic amines) is 2. The van der Waals surface area contributed by atoms with Crippen LogP contribution < -0.4 is 0 Å². The number of hydrogen-bond acceptors (Lipinski definition) is 2. The van der Waals surface area contributed by atoms with Gasteiger partial charge in [-0.25, -0.2) is 0 Å². The second-order valence-electron chi connectivity index (χ2n) is 8.19. The Kier molecular flexibility index (Phi) is 5.04. The predicted molar refractivity (Wildman–Crippen MR) is 85.9 cm³/mol. The highest BCUT2D eigenvalue weighted by Crippen LogP contribution is 2.34. The van der Waals surface area contributed by atoms with Crippen molar-refractivity contribution in [3.63, 3.8) is 0 Å². The Hall–Kier alpha value is -0.0800. The average molecular weight is 278 g/mol. The molecule has 3 fully saturated rings. The minimum Gasteiger partial charge on any atom is -0.303 e. The molecule has 2 heterocycles. The first-order valence-electron chi connectivity index (χ1n) is 9.13. The van der Waals surface area contributed by atoms with Crippen LogP contribution in [0.5, 0.6) is 0 Å². The smallest absolute Gasteiger partial charge is 0.00194 e. The molecule has 2 aliphatic heterocycles. The van der Waals surface area contributed by atoms with Crippen molar-refractivity contribution in [3.8, 4) is 0 Å². The first kappa shape index (κ1) is 14.8. The fourth-order valence-corrected chi connectivity index (χ4v) is 4.66. The van der Waals surface area contributed by atoms with Crippen molar-refractivity contribution in [3.05, 3.63) is 0 Å². The highest BCUT2D eigenvalue weighted by molar-refractivity contribution is 4.82. The van der Waals surface area contributed by atoms with Crippen LogP contribution in [0, 0.1) is 23.7 Å². The monoisotopic (exact) mass is 278 g/mol. The lowest BCUT2D eigenvalue weighted by molar-refractivity contribution is 0.0927. The van der Waals surface area contributed by atoms with E-state index in [-0.39, 0.29) is 0 Å². The summed E-state index contributed by atoms with van der Waals surface area (Å²) >= 11 is 0. The summed E-state index contributed by atoms with van der Waals surface area (Å²) < 4.78 is 0. The Morgan fingerprint density at radius 1 is 0.850 bits per heavy atom. The predicted octanol–water partition coefficient (Wildman–Crippen LogP) is 3.48. The van der Waals surface area contributed by atoms with Crippen LogP contribution in [0.4, 0.5) is 0 Å². The van der Waals surface area contributed by atoms with E-state index in [1.807, 2.05) is 0 Å². The number of piperidine rings is 1. The molecule has 1 saturated carbocycles. The lowest BCUT2D eigenvalue weighted by Gasteiger charge is -2.40. The van der Waals surface area contributed by atoms with E-state index < -0.39 is 0 Å². The van der Waals surface area contributed by atoms with Crippen molar-refractivity contribution in [1.29, 1.82) is 0 Å². The molecule has 0 aromatic rings. The molecule has 0 spiro atoms. The SMILES string of the molecule is CC1CN(CCCC2CCN(C[C@H]3C[C@H](C)C3)CC2)C1. The third-order valence-electron chi connectivity index (χ3n) is 5.92. The van der Waals surface area contributed by atoms with E-state index in [1.54, 1.807) is 0 Å². The van der Waals surface area contributed by atoms with Crippen molar-refractivity contribution < 1.29 is 0 Å². The van der Waals surface area contributed by atoms with Gasteiger partial charge in [-0.05, 0) is 81.8 Å². The van der Waals surface area contributed by atoms with Gasteiger partial charge in [0.1, 0.15) is 0 Å². The molecule has 2 heteroatoms. The molecule has 0 bridgehead atoms. The third kappa shape index (κ3) is 3.98. The zero-order chi connectivity index (χ0) is 13.9. The van der Waals surface area contributed by atoms with Crippen LogP contribution in [0.1, 0.15) is 52.4 Å². The van der Waals surface area contributed by atoms with Crippen LogP contribution in [0.2, 0.25) is 0 Å². The molecule has 3 aliphatic rings. The fraction of sp³-hybridized carbons (Fsp3) is 1.00. The molecule has 1 aliphatic carbocycles. The molecule has 20 heavy (non-hydrogen) atoms. The zero-order valence-electron chi connectivity index (χ0n) is 13.7. The first-order chi connectivity index (χ1) is 9.69. The van der Waals surface area contributed by atoms with Gasteiger partial charge in [0.2, 0.25) is 0 Å². The van der Waals surface area contributed by atoms with E-state index in [9.17, 15) is 0 Å². The summed E-state index contributed by atoms with van der Waals surface area (Å²) in [6.45, 7) is 13.0. The van der Waals surface area contributed by atoms with Gasteiger partial charge < -0.3 is 9.80 Å². The summed E-state index contributed by atoms with van der Waals surface area (Å²) in [5.74, 6) is 4.05. The quantitative estimate of drug-likeness (QED) is 0.734. The summed E-state index contributed by atoms with van der Waals surface area (Å²) in [6, 6.07) is 0. The van der Waals surface area contributed by atoms with Crippen molar-refractivity contribution in [1.82, 2.24) is 9.80 Å². The van der Waals surface area contributed by atoms with Gasteiger partial charge in [0.25, 0.3) is 0 Å². The maximum Gasteiger partial charge on any atom is 0.00194 e. The van der Waals surface area contributed by atoms with Crippen LogP contribution in [0.3, 0.4) is 0 Å². The number of nitrogens with zero attached hydrogens (tertiary/aromatic N) is 2. The summed E-state index contributed by atoms with van der Waals surface area (Å²) in [4.78, 5) is 5.39. The molecule has 2 saturated heterocycles. The van der Waals surface area contributed by atoms with Gasteiger partial charge in [-0.2, -0.15) is 0 Å². The minimum absolute atomic E-state index is 0.965. The van der Waals surface area contributed by atoms with Crippen LogP contribution >= 0.6 is 0 Å². The molecular weight excluding hydrogens is 244 g/mol. The Morgan fingerprint density at radius 2 is 1.55 bits per heavy atom. The topological polar surface area (TPSA) is 6.48 Å². The fourth-order valence-electron chi connectivity index (χ4n) is 4.66. The maximum atomic E-state index is 2.75. The average Bonchev–Trinajstić information content (AvgIpc) is 2.37. The lowest BCUT2D eigenvalue weighted by atomic mass is 9.75. The highest BCUT2D eigenvalue weighted by atomic mass is 15.2. The largest absolute Gasteiger partial charge is 0.303 e. The molecular formula is C18H34N2. The van der Waals surface area contributed by atoms with Crippen molar-refractivity contribution in [2.75, 3.05) is 39.3 Å². The Bertz CT molecular complexity index is 284. The molecule has 116 valence electrons. The molecule has 3 rings (SSSR count). The Balaban J connectivity index is 1.23. The van der Waals surface area contributed by atoms with E-state index in [1.165, 1.54) is 77.8 Å². The van der Waals surface area contributed by atoms with Crippen LogP contribution in [0.25, 0.3) is 0 Å². The van der Waals surface area contributed by atoms with Crippen LogP contribution in [0.15, 0.2) is 0 Å². The van der Waals surface area contributed by atoms with Crippen LogP contribution in [-0.4, -0.2) is 49.1 Å². The molecule has 0 aromatic heterocycles. The standard InChI is InChI=1S/C18H34N2/c1-15-10-18(11-15)14-19-8-5-17(6-9-19)4-3-7-20-12-16(2)13-20/h15-18H,3-14H2,1-2H3/t15-,18-. The maximum absolute atomic E-state index is 2.75. The first-order valence-corrected chi connectivity index (χ1v) is 9.13. The van der Waals surface area contributed by atoms with Crippen molar-refractivity contribution in [2.24, 2.45) is 23.7 Å². The molecule has 2 nitrogen and oxygen atoms in total. The van der Waals surface area contributed by atoms with Crippen LogP contribution in [-0.2, 0) is 0 Å². The van der Waals surface area contributed by atoms with Gasteiger partial charge in [0, 0.05) is 19.6 Å². The summed E-state index contributed by atoms with van der Waals surface area (Å²) in [7, 11) is 0. The van der Waals surface area contributed by atoms with Gasteiger partial charge in [0.05, 0.1) is 0 Å². The number of hydrogen-bond donors (Lipinski definition) is 0. The third-order valence-corrected chi connectivity index (χ3v) is 5.92. The van der Waals surface area contributed by atoms with Gasteiger partial charge >= 0.3 is 0 Å². The summed E-state index contributed by atoms with van der Waals surface area (Å²) in [6.07, 6.45) is 8.86. The Morgan fingerprint density at radius 3 is 2.15 bits per heavy atom. The van der Waals surface area contributed by atoms with Gasteiger partial charge in [-0.1, -0.05) is 13.8 Å². The molecule has 0 unspecified atom stereocenters. The van der Waals surface area contributed by atoms with E-state index in [0.717, 1.165) is 23.7 Å². The van der Waals surface area contributed by atoms with Crippen molar-refractivity contribution in [2.45, 2.75) is 52.4 Å². The molecule has 0 N–H and O–H groups in total. The van der Waals surface area contributed by atoms with Gasteiger partial charge in [-0.15, -0.1) is 0 Å². The molecule has 0 atom stereocenters. The summed E-state index contributed by atoms with van der Waals surface area (Å²) in [5.41, 5.74) is 0. The molecule has 0 radical (unpaired) electrons. The normalized spacial score (nSPS) is 33.9. The number of rotatable bonds is 6. The van der Waals surface area contributed by atoms with Gasteiger partial charge in [-0.3, -0.25) is 0 Å². The second kappa shape index (κ2) is 6.79. The summed E-state index contributed by atoms with van der Waals surface area (Å²) in [5, 5.41) is 0. The molecule has 0 aromatic carbocycles. The highest BCUT2D eigenvalue weighted by Gasteiger charge is 2.29. The van der Waals surface area contributed by atoms with E-state index in [4.69, 9.17) is 0 Å². The van der Waals surface area contributed by atoms with E-state index >= 15 is 0 Å². The van der Waals surface area contributed by atoms with Gasteiger partial charge in [0.15, 0.2) is 0 Å². The zero-order valence-corrected chi connectivity index (χ0v) is 13.7. The second-order valence-corrected chi connectivity index (χ2v) is 8.19.